The highest BCUT2D eigenvalue weighted by molar-refractivity contribution is 7.92. The second kappa shape index (κ2) is 9.14. The number of para-hydroxylation sites is 1. The predicted octanol–water partition coefficient (Wildman–Crippen LogP) is 1.86. The summed E-state index contributed by atoms with van der Waals surface area (Å²) in [6.45, 7) is 1.49. The van der Waals surface area contributed by atoms with E-state index in [4.69, 9.17) is 5.11 Å². The van der Waals surface area contributed by atoms with Gasteiger partial charge < -0.3 is 5.11 Å². The van der Waals surface area contributed by atoms with Crippen molar-refractivity contribution in [3.8, 4) is 0 Å². The van der Waals surface area contributed by atoms with Gasteiger partial charge in [0.15, 0.2) is 0 Å². The van der Waals surface area contributed by atoms with E-state index in [-0.39, 0.29) is 5.56 Å². The van der Waals surface area contributed by atoms with Crippen molar-refractivity contribution in [2.75, 3.05) is 17.1 Å². The average molecular weight is 403 g/mol. The molecule has 0 spiro atoms. The Bertz CT molecular complexity index is 985. The lowest BCUT2D eigenvalue weighted by Crippen LogP contribution is -2.39. The number of carbonyl (C=O) groups excluding carboxylic acids is 1. The molecule has 2 aromatic rings. The Balaban J connectivity index is 2.09. The Morgan fingerprint density at radius 2 is 1.79 bits per heavy atom. The minimum Gasteiger partial charge on any atom is -0.478 e. The van der Waals surface area contributed by atoms with Crippen LogP contribution in [0.2, 0.25) is 0 Å². The molecule has 0 aliphatic heterocycles. The number of hydrogen-bond donors (Lipinski definition) is 2. The van der Waals surface area contributed by atoms with E-state index in [1.165, 1.54) is 18.3 Å². The van der Waals surface area contributed by atoms with Crippen LogP contribution >= 0.6 is 0 Å². The molecule has 0 saturated heterocycles. The maximum atomic E-state index is 12.2. The molecule has 0 heterocycles. The largest absolute Gasteiger partial charge is 0.478 e. The fourth-order valence-corrected chi connectivity index (χ4v) is 3.38. The maximum absolute atomic E-state index is 12.2. The third kappa shape index (κ3) is 5.65. The average Bonchev–Trinajstić information content (AvgIpc) is 2.65. The van der Waals surface area contributed by atoms with E-state index in [2.05, 4.69) is 10.5 Å². The lowest BCUT2D eigenvalue weighted by atomic mass is 10.1. The molecule has 0 radical (unpaired) electrons. The van der Waals surface area contributed by atoms with E-state index in [1.807, 2.05) is 19.1 Å². The van der Waals surface area contributed by atoms with Gasteiger partial charge in [-0.25, -0.2) is 18.6 Å². The van der Waals surface area contributed by atoms with Crippen molar-refractivity contribution in [3.63, 3.8) is 0 Å². The van der Waals surface area contributed by atoms with E-state index >= 15 is 0 Å². The third-order valence-corrected chi connectivity index (χ3v) is 5.02. The Labute approximate surface area is 163 Å². The quantitative estimate of drug-likeness (QED) is 0.516. The second-order valence-electron chi connectivity index (χ2n) is 5.97. The van der Waals surface area contributed by atoms with Crippen LogP contribution in [0, 0.1) is 0 Å². The van der Waals surface area contributed by atoms with Gasteiger partial charge in [0.25, 0.3) is 5.91 Å². The summed E-state index contributed by atoms with van der Waals surface area (Å²) in [5.41, 5.74) is 4.27. The van der Waals surface area contributed by atoms with Crippen molar-refractivity contribution < 1.29 is 23.1 Å². The first-order valence-electron chi connectivity index (χ1n) is 8.43. The summed E-state index contributed by atoms with van der Waals surface area (Å²) in [6.07, 6.45) is 3.00. The van der Waals surface area contributed by atoms with Crippen LogP contribution in [0.25, 0.3) is 0 Å². The van der Waals surface area contributed by atoms with Crippen LogP contribution in [-0.4, -0.2) is 44.4 Å². The number of benzene rings is 2. The van der Waals surface area contributed by atoms with Gasteiger partial charge in [-0.1, -0.05) is 37.3 Å². The summed E-state index contributed by atoms with van der Waals surface area (Å²) in [5, 5.41) is 12.7. The molecule has 0 saturated carbocycles. The molecule has 0 aliphatic carbocycles. The molecular formula is C19H21N3O5S. The summed E-state index contributed by atoms with van der Waals surface area (Å²) >= 11 is 0. The minimum atomic E-state index is -3.67. The summed E-state index contributed by atoms with van der Waals surface area (Å²) in [7, 11) is -3.67. The molecule has 8 nitrogen and oxygen atoms in total. The first kappa shape index (κ1) is 21.1. The van der Waals surface area contributed by atoms with E-state index in [9.17, 15) is 18.0 Å². The number of carboxylic acid groups (broad SMARTS) is 1. The molecule has 0 aromatic heterocycles. The zero-order valence-corrected chi connectivity index (χ0v) is 16.3. The number of carboxylic acids is 1. The molecule has 28 heavy (non-hydrogen) atoms. The standard InChI is InChI=1S/C19H21N3O5S/c1-3-15-6-4-5-7-17(15)22(28(2,26)27)13-18(23)21-20-12-14-8-10-16(11-9-14)19(24)25/h4-12H,3,13H2,1-2H3,(H,21,23)(H,24,25)/b20-12-. The van der Waals surface area contributed by atoms with Crippen LogP contribution in [0.15, 0.2) is 53.6 Å². The number of rotatable bonds is 8. The number of anilines is 1. The van der Waals surface area contributed by atoms with E-state index < -0.39 is 28.4 Å². The zero-order valence-electron chi connectivity index (χ0n) is 15.5. The monoisotopic (exact) mass is 403 g/mol. The van der Waals surface area contributed by atoms with Gasteiger partial charge in [0, 0.05) is 0 Å². The van der Waals surface area contributed by atoms with Crippen molar-refractivity contribution in [2.45, 2.75) is 13.3 Å². The number of carbonyl (C=O) groups is 2. The number of aryl methyl sites for hydroxylation is 1. The molecule has 148 valence electrons. The van der Waals surface area contributed by atoms with Gasteiger partial charge in [-0.05, 0) is 35.7 Å². The molecule has 0 unspecified atom stereocenters. The van der Waals surface area contributed by atoms with Crippen LogP contribution in [0.1, 0.15) is 28.4 Å². The van der Waals surface area contributed by atoms with E-state index in [0.29, 0.717) is 17.7 Å². The number of nitrogens with one attached hydrogen (secondary N) is 1. The molecule has 2 N–H and O–H groups in total. The smallest absolute Gasteiger partial charge is 0.335 e. The van der Waals surface area contributed by atoms with Gasteiger partial charge >= 0.3 is 5.97 Å². The minimum absolute atomic E-state index is 0.138. The summed E-state index contributed by atoms with van der Waals surface area (Å²) in [5.74, 6) is -1.64. The van der Waals surface area contributed by atoms with Gasteiger partial charge in [0.05, 0.1) is 23.7 Å². The van der Waals surface area contributed by atoms with Gasteiger partial charge in [-0.2, -0.15) is 5.10 Å². The van der Waals surface area contributed by atoms with E-state index in [0.717, 1.165) is 16.1 Å². The second-order valence-corrected chi connectivity index (χ2v) is 7.88. The Hall–Kier alpha value is -3.20. The van der Waals surface area contributed by atoms with Crippen LogP contribution in [0.5, 0.6) is 0 Å². The molecule has 0 bridgehead atoms. The molecule has 0 fully saturated rings. The van der Waals surface area contributed by atoms with Gasteiger partial charge in [-0.3, -0.25) is 9.10 Å². The Morgan fingerprint density at radius 1 is 1.14 bits per heavy atom. The zero-order chi connectivity index (χ0) is 20.7. The number of amides is 1. The number of sulfonamides is 1. The molecule has 1 amide bonds. The SMILES string of the molecule is CCc1ccccc1N(CC(=O)N/N=C\c1ccc(C(=O)O)cc1)S(C)(=O)=O. The summed E-state index contributed by atoms with van der Waals surface area (Å²) in [6, 6.07) is 12.9. The van der Waals surface area contributed by atoms with Gasteiger partial charge in [0.2, 0.25) is 10.0 Å². The predicted molar refractivity (Wildman–Crippen MR) is 107 cm³/mol. The van der Waals surface area contributed by atoms with Gasteiger partial charge in [0.1, 0.15) is 6.54 Å². The number of nitrogens with zero attached hydrogens (tertiary/aromatic N) is 2. The maximum Gasteiger partial charge on any atom is 0.335 e. The highest BCUT2D eigenvalue weighted by Crippen LogP contribution is 2.23. The number of aromatic carboxylic acids is 1. The molecule has 2 rings (SSSR count). The van der Waals surface area contributed by atoms with Crippen LogP contribution < -0.4 is 9.73 Å². The van der Waals surface area contributed by atoms with E-state index in [1.54, 1.807) is 24.3 Å². The lowest BCUT2D eigenvalue weighted by Gasteiger charge is -2.23. The first-order chi connectivity index (χ1) is 13.2. The van der Waals surface area contributed by atoms with Crippen molar-refractivity contribution in [3.05, 3.63) is 65.2 Å². The normalized spacial score (nSPS) is 11.4. The number of hydrogen-bond acceptors (Lipinski definition) is 5. The third-order valence-electron chi connectivity index (χ3n) is 3.89. The molecular weight excluding hydrogens is 382 g/mol. The highest BCUT2D eigenvalue weighted by atomic mass is 32.2. The van der Waals surface area contributed by atoms with Crippen molar-refractivity contribution in [1.29, 1.82) is 0 Å². The van der Waals surface area contributed by atoms with Crippen molar-refractivity contribution >= 4 is 33.8 Å². The van der Waals surface area contributed by atoms with Crippen molar-refractivity contribution in [2.24, 2.45) is 5.10 Å². The lowest BCUT2D eigenvalue weighted by molar-refractivity contribution is -0.119. The van der Waals surface area contributed by atoms with Gasteiger partial charge in [-0.15, -0.1) is 0 Å². The molecule has 0 atom stereocenters. The first-order valence-corrected chi connectivity index (χ1v) is 10.3. The fourth-order valence-electron chi connectivity index (χ4n) is 2.49. The summed E-state index contributed by atoms with van der Waals surface area (Å²) < 4.78 is 25.4. The number of hydrazone groups is 1. The summed E-state index contributed by atoms with van der Waals surface area (Å²) in [4.78, 5) is 23.0. The van der Waals surface area contributed by atoms with Crippen molar-refractivity contribution in [1.82, 2.24) is 5.43 Å². The molecule has 2 aromatic carbocycles. The van der Waals surface area contributed by atoms with Crippen LogP contribution in [-0.2, 0) is 21.2 Å². The Morgan fingerprint density at radius 3 is 2.36 bits per heavy atom. The highest BCUT2D eigenvalue weighted by Gasteiger charge is 2.22. The topological polar surface area (TPSA) is 116 Å². The molecule has 0 aliphatic rings. The van der Waals surface area contributed by atoms with Crippen LogP contribution in [0.3, 0.4) is 0 Å². The Kier molecular flexibility index (Phi) is 6.89. The van der Waals surface area contributed by atoms with Crippen LogP contribution in [0.4, 0.5) is 5.69 Å². The molecule has 9 heteroatoms. The fraction of sp³-hybridized carbons (Fsp3) is 0.211.